The monoisotopic (exact) mass is 445 g/mol. The number of benzene rings is 1. The zero-order valence-electron chi connectivity index (χ0n) is 18.4. The number of aliphatic hydroxyl groups is 1. The van der Waals surface area contributed by atoms with Crippen LogP contribution in [0.25, 0.3) is 0 Å². The van der Waals surface area contributed by atoms with E-state index < -0.39 is 0 Å². The average Bonchev–Trinajstić information content (AvgIpc) is 3.26. The van der Waals surface area contributed by atoms with Crippen molar-refractivity contribution in [3.05, 3.63) is 47.9 Å². The molecule has 2 fully saturated rings. The van der Waals surface area contributed by atoms with E-state index in [0.717, 1.165) is 45.8 Å². The minimum absolute atomic E-state index is 0.198. The molecule has 32 heavy (non-hydrogen) atoms. The highest BCUT2D eigenvalue weighted by molar-refractivity contribution is 6.02. The van der Waals surface area contributed by atoms with E-state index in [1.165, 1.54) is 49.8 Å². The lowest BCUT2D eigenvalue weighted by Crippen LogP contribution is -2.50. The fourth-order valence-corrected chi connectivity index (χ4v) is 4.33. The Morgan fingerprint density at radius 3 is 2.31 bits per heavy atom. The number of aromatic nitrogens is 1. The molecule has 9 heteroatoms. The number of likely N-dealkylation sites (tertiary alicyclic amines) is 1. The SMILES string of the molecule is O=C(Nc1ccc(F)cc1)c1coc(CN2CCN(C[C@@H](O)CN3CCCCC3)CC2)n1. The predicted molar refractivity (Wildman–Crippen MR) is 119 cm³/mol. The van der Waals surface area contributed by atoms with Crippen LogP contribution in [-0.4, -0.2) is 89.2 Å². The summed E-state index contributed by atoms with van der Waals surface area (Å²) in [5.74, 6) is -0.254. The van der Waals surface area contributed by atoms with Gasteiger partial charge in [0.1, 0.15) is 12.1 Å². The summed E-state index contributed by atoms with van der Waals surface area (Å²) in [6.07, 6.45) is 4.82. The van der Waals surface area contributed by atoms with Crippen LogP contribution in [0, 0.1) is 5.82 Å². The molecule has 1 aromatic carbocycles. The van der Waals surface area contributed by atoms with Gasteiger partial charge in [-0.25, -0.2) is 9.37 Å². The van der Waals surface area contributed by atoms with Gasteiger partial charge in [0.2, 0.25) is 5.89 Å². The van der Waals surface area contributed by atoms with Crippen molar-refractivity contribution in [3.63, 3.8) is 0 Å². The maximum Gasteiger partial charge on any atom is 0.277 e. The molecule has 0 radical (unpaired) electrons. The first kappa shape index (κ1) is 22.8. The summed E-state index contributed by atoms with van der Waals surface area (Å²) >= 11 is 0. The number of anilines is 1. The molecule has 2 aromatic rings. The topological polar surface area (TPSA) is 85.1 Å². The first-order valence-electron chi connectivity index (χ1n) is 11.4. The molecule has 0 saturated carbocycles. The van der Waals surface area contributed by atoms with Crippen molar-refractivity contribution >= 4 is 11.6 Å². The van der Waals surface area contributed by atoms with Gasteiger partial charge in [-0.3, -0.25) is 14.6 Å². The fraction of sp³-hybridized carbons (Fsp3) is 0.565. The summed E-state index contributed by atoms with van der Waals surface area (Å²) in [6, 6.07) is 5.57. The molecule has 3 heterocycles. The van der Waals surface area contributed by atoms with E-state index in [-0.39, 0.29) is 23.5 Å². The third-order valence-electron chi connectivity index (χ3n) is 6.10. The van der Waals surface area contributed by atoms with Gasteiger partial charge >= 0.3 is 0 Å². The zero-order chi connectivity index (χ0) is 22.3. The minimum atomic E-state index is -0.390. The highest BCUT2D eigenvalue weighted by atomic mass is 19.1. The Kier molecular flexibility index (Phi) is 7.85. The summed E-state index contributed by atoms with van der Waals surface area (Å²) in [6.45, 7) is 7.69. The first-order chi connectivity index (χ1) is 15.5. The summed E-state index contributed by atoms with van der Waals surface area (Å²) in [5, 5.41) is 13.1. The molecule has 1 atom stereocenters. The molecule has 8 nitrogen and oxygen atoms in total. The molecule has 2 N–H and O–H groups in total. The quantitative estimate of drug-likeness (QED) is 0.643. The number of hydrogen-bond donors (Lipinski definition) is 2. The normalized spacial score (nSPS) is 19.7. The smallest absolute Gasteiger partial charge is 0.277 e. The van der Waals surface area contributed by atoms with Crippen LogP contribution in [0.1, 0.15) is 35.6 Å². The summed E-state index contributed by atoms with van der Waals surface area (Å²) < 4.78 is 18.5. The number of β-amino-alcohol motifs (C(OH)–C–C–N with tert-alkyl or cyclic N) is 1. The standard InChI is InChI=1S/C23H32FN5O3/c24-18-4-6-19(7-5-18)25-23(31)21-17-32-22(26-21)16-29-12-10-28(11-13-29)15-20(30)14-27-8-2-1-3-9-27/h4-7,17,20,30H,1-3,8-16H2,(H,25,31)/t20-/m0/s1. The number of nitrogens with one attached hydrogen (secondary N) is 1. The van der Waals surface area contributed by atoms with Crippen LogP contribution in [0.15, 0.2) is 34.9 Å². The van der Waals surface area contributed by atoms with Gasteiger partial charge in [-0.05, 0) is 50.2 Å². The lowest BCUT2D eigenvalue weighted by molar-refractivity contribution is 0.0434. The maximum atomic E-state index is 13.0. The van der Waals surface area contributed by atoms with E-state index in [4.69, 9.17) is 4.42 Å². The molecule has 174 valence electrons. The van der Waals surface area contributed by atoms with Crippen LogP contribution in [-0.2, 0) is 6.54 Å². The van der Waals surface area contributed by atoms with Crippen LogP contribution in [0.3, 0.4) is 0 Å². The van der Waals surface area contributed by atoms with Crippen LogP contribution in [0.5, 0.6) is 0 Å². The summed E-state index contributed by atoms with van der Waals surface area (Å²) in [4.78, 5) is 23.5. The second-order valence-corrected chi connectivity index (χ2v) is 8.68. The van der Waals surface area contributed by atoms with Crippen molar-refractivity contribution in [2.24, 2.45) is 0 Å². The molecule has 2 saturated heterocycles. The van der Waals surface area contributed by atoms with Crippen molar-refractivity contribution in [2.75, 3.05) is 57.7 Å². The number of halogens is 1. The van der Waals surface area contributed by atoms with Crippen molar-refractivity contribution in [3.8, 4) is 0 Å². The van der Waals surface area contributed by atoms with Gasteiger partial charge in [-0.15, -0.1) is 0 Å². The van der Waals surface area contributed by atoms with Gasteiger partial charge < -0.3 is 19.7 Å². The number of nitrogens with zero attached hydrogens (tertiary/aromatic N) is 4. The molecule has 1 amide bonds. The van der Waals surface area contributed by atoms with Gasteiger partial charge in [0.05, 0.1) is 12.6 Å². The van der Waals surface area contributed by atoms with Crippen LogP contribution in [0.2, 0.25) is 0 Å². The fourth-order valence-electron chi connectivity index (χ4n) is 4.33. The largest absolute Gasteiger partial charge is 0.447 e. The third kappa shape index (κ3) is 6.59. The third-order valence-corrected chi connectivity index (χ3v) is 6.10. The van der Waals surface area contributed by atoms with E-state index in [1.54, 1.807) is 0 Å². The number of piperidine rings is 1. The Hall–Kier alpha value is -2.33. The van der Waals surface area contributed by atoms with E-state index in [9.17, 15) is 14.3 Å². The number of piperazine rings is 1. The number of carbonyl (C=O) groups excluding carboxylic acids is 1. The molecule has 2 aliphatic rings. The predicted octanol–water partition coefficient (Wildman–Crippen LogP) is 2.03. The second kappa shape index (κ2) is 11.0. The van der Waals surface area contributed by atoms with E-state index in [0.29, 0.717) is 24.7 Å². The van der Waals surface area contributed by atoms with Crippen molar-refractivity contribution in [1.82, 2.24) is 19.7 Å². The summed E-state index contributed by atoms with van der Waals surface area (Å²) in [7, 11) is 0. The molecule has 2 aliphatic heterocycles. The van der Waals surface area contributed by atoms with E-state index >= 15 is 0 Å². The number of rotatable bonds is 8. The molecular weight excluding hydrogens is 413 g/mol. The molecule has 0 bridgehead atoms. The van der Waals surface area contributed by atoms with Crippen molar-refractivity contribution in [2.45, 2.75) is 31.9 Å². The Labute approximate surface area is 188 Å². The first-order valence-corrected chi connectivity index (χ1v) is 11.4. The number of hydrogen-bond acceptors (Lipinski definition) is 7. The molecular formula is C23H32FN5O3. The van der Waals surface area contributed by atoms with Crippen molar-refractivity contribution in [1.29, 1.82) is 0 Å². The molecule has 0 unspecified atom stereocenters. The van der Waals surface area contributed by atoms with E-state index in [1.807, 2.05) is 0 Å². The number of carbonyl (C=O) groups is 1. The Bertz CT molecular complexity index is 861. The van der Waals surface area contributed by atoms with Crippen LogP contribution < -0.4 is 5.32 Å². The Morgan fingerprint density at radius 2 is 1.62 bits per heavy atom. The minimum Gasteiger partial charge on any atom is -0.447 e. The number of oxazole rings is 1. The molecule has 0 aliphatic carbocycles. The van der Waals surface area contributed by atoms with Gasteiger partial charge in [-0.2, -0.15) is 0 Å². The lowest BCUT2D eigenvalue weighted by atomic mass is 10.1. The zero-order valence-corrected chi connectivity index (χ0v) is 18.4. The maximum absolute atomic E-state index is 13.0. The van der Waals surface area contributed by atoms with Gasteiger partial charge in [0, 0.05) is 45.0 Å². The molecule has 4 rings (SSSR count). The highest BCUT2D eigenvalue weighted by Crippen LogP contribution is 2.14. The number of aliphatic hydroxyl groups excluding tert-OH is 1. The van der Waals surface area contributed by atoms with Crippen LogP contribution in [0.4, 0.5) is 10.1 Å². The van der Waals surface area contributed by atoms with E-state index in [2.05, 4.69) is 25.0 Å². The summed E-state index contributed by atoms with van der Waals surface area (Å²) in [5.41, 5.74) is 0.698. The Balaban J connectivity index is 1.18. The average molecular weight is 446 g/mol. The lowest BCUT2D eigenvalue weighted by Gasteiger charge is -2.36. The van der Waals surface area contributed by atoms with Crippen LogP contribution >= 0.6 is 0 Å². The second-order valence-electron chi connectivity index (χ2n) is 8.68. The molecule has 0 spiro atoms. The number of amides is 1. The molecule has 1 aromatic heterocycles. The Morgan fingerprint density at radius 1 is 1.00 bits per heavy atom. The van der Waals surface area contributed by atoms with Gasteiger partial charge in [0.15, 0.2) is 5.69 Å². The highest BCUT2D eigenvalue weighted by Gasteiger charge is 2.23. The van der Waals surface area contributed by atoms with Crippen molar-refractivity contribution < 1.29 is 18.7 Å². The van der Waals surface area contributed by atoms with Gasteiger partial charge in [-0.1, -0.05) is 6.42 Å². The van der Waals surface area contributed by atoms with Gasteiger partial charge in [0.25, 0.3) is 5.91 Å².